The van der Waals surface area contributed by atoms with Crippen LogP contribution in [-0.4, -0.2) is 23.1 Å². The van der Waals surface area contributed by atoms with Crippen LogP contribution in [0.15, 0.2) is 99.9 Å². The van der Waals surface area contributed by atoms with Crippen molar-refractivity contribution < 1.29 is 19.1 Å². The van der Waals surface area contributed by atoms with Crippen molar-refractivity contribution in [3.05, 3.63) is 132 Å². The van der Waals surface area contributed by atoms with E-state index in [4.69, 9.17) is 21.1 Å². The average molecular weight is 559 g/mol. The number of allylic oxidation sites excluding steroid dienone is 1. The Morgan fingerprint density at radius 3 is 2.38 bits per heavy atom. The first-order valence-electron chi connectivity index (χ1n) is 12.2. The second kappa shape index (κ2) is 11.2. The molecule has 7 nitrogen and oxygen atoms in total. The summed E-state index contributed by atoms with van der Waals surface area (Å²) in [5.74, 6) is -0.712. The van der Waals surface area contributed by atoms with E-state index in [1.165, 1.54) is 11.3 Å². The number of esters is 2. The monoisotopic (exact) mass is 558 g/mol. The highest BCUT2D eigenvalue weighted by Gasteiger charge is 2.33. The van der Waals surface area contributed by atoms with Crippen LogP contribution in [0.2, 0.25) is 5.02 Å². The van der Waals surface area contributed by atoms with Crippen molar-refractivity contribution in [1.29, 1.82) is 0 Å². The molecule has 1 aliphatic rings. The fourth-order valence-corrected chi connectivity index (χ4v) is 5.57. The number of carbonyl (C=O) groups excluding carboxylic acids is 2. The quantitative estimate of drug-likeness (QED) is 0.253. The maximum absolute atomic E-state index is 13.7. The highest BCUT2D eigenvalue weighted by atomic mass is 35.5. The van der Waals surface area contributed by atoms with Gasteiger partial charge in [-0.3, -0.25) is 9.36 Å². The van der Waals surface area contributed by atoms with Crippen molar-refractivity contribution in [3.8, 4) is 5.75 Å². The molecule has 0 radical (unpaired) electrons. The van der Waals surface area contributed by atoms with Gasteiger partial charge in [0.15, 0.2) is 4.80 Å². The summed E-state index contributed by atoms with van der Waals surface area (Å²) in [6.07, 6.45) is 1.74. The Hall–Kier alpha value is -4.27. The van der Waals surface area contributed by atoms with Crippen LogP contribution in [0.3, 0.4) is 0 Å². The smallest absolute Gasteiger partial charge is 0.345 e. The summed E-state index contributed by atoms with van der Waals surface area (Å²) in [6.45, 7) is 3.71. The molecule has 39 heavy (non-hydrogen) atoms. The summed E-state index contributed by atoms with van der Waals surface area (Å²) in [6, 6.07) is 22.2. The van der Waals surface area contributed by atoms with E-state index in [0.29, 0.717) is 31.4 Å². The van der Waals surface area contributed by atoms with Gasteiger partial charge < -0.3 is 9.47 Å². The number of nitrogens with zero attached hydrogens (tertiary/aromatic N) is 2. The van der Waals surface area contributed by atoms with E-state index in [0.717, 1.165) is 11.1 Å². The number of thiazole rings is 1. The van der Waals surface area contributed by atoms with Crippen LogP contribution in [0.1, 0.15) is 41.4 Å². The van der Waals surface area contributed by atoms with Crippen LogP contribution >= 0.6 is 22.9 Å². The minimum Gasteiger partial charge on any atom is -0.463 e. The summed E-state index contributed by atoms with van der Waals surface area (Å²) >= 11 is 7.33. The Kier molecular flexibility index (Phi) is 7.58. The third kappa shape index (κ3) is 5.34. The molecule has 0 saturated heterocycles. The molecule has 0 N–H and O–H groups in total. The first kappa shape index (κ1) is 26.3. The largest absolute Gasteiger partial charge is 0.463 e. The number of rotatable bonds is 6. The van der Waals surface area contributed by atoms with E-state index < -0.39 is 18.0 Å². The van der Waals surface area contributed by atoms with Gasteiger partial charge in [0.25, 0.3) is 5.56 Å². The van der Waals surface area contributed by atoms with Gasteiger partial charge in [-0.2, -0.15) is 0 Å². The Labute approximate surface area is 232 Å². The third-order valence-corrected chi connectivity index (χ3v) is 7.43. The normalized spacial score (nSPS) is 14.9. The van der Waals surface area contributed by atoms with Crippen LogP contribution in [0.4, 0.5) is 0 Å². The summed E-state index contributed by atoms with van der Waals surface area (Å²) in [4.78, 5) is 44.1. The summed E-state index contributed by atoms with van der Waals surface area (Å²) < 4.78 is 12.8. The highest BCUT2D eigenvalue weighted by molar-refractivity contribution is 7.07. The first-order valence-corrected chi connectivity index (χ1v) is 13.4. The molecule has 0 bridgehead atoms. The lowest BCUT2D eigenvalue weighted by molar-refractivity contribution is -0.139. The fraction of sp³-hybridized carbons (Fsp3) is 0.133. The Morgan fingerprint density at radius 2 is 1.69 bits per heavy atom. The van der Waals surface area contributed by atoms with Crippen molar-refractivity contribution in [2.45, 2.75) is 19.9 Å². The van der Waals surface area contributed by atoms with Crippen molar-refractivity contribution in [2.75, 3.05) is 6.61 Å². The molecule has 3 aromatic carbocycles. The van der Waals surface area contributed by atoms with E-state index in [9.17, 15) is 14.4 Å². The molecule has 0 aliphatic carbocycles. The van der Waals surface area contributed by atoms with E-state index >= 15 is 0 Å². The zero-order chi connectivity index (χ0) is 27.5. The molecule has 2 heterocycles. The first-order chi connectivity index (χ1) is 18.9. The molecule has 0 saturated carbocycles. The lowest BCUT2D eigenvalue weighted by Crippen LogP contribution is -2.39. The molecule has 4 aromatic rings. The third-order valence-electron chi connectivity index (χ3n) is 6.11. The minimum atomic E-state index is -0.657. The fourth-order valence-electron chi connectivity index (χ4n) is 4.31. The topological polar surface area (TPSA) is 87.0 Å². The molecule has 9 heteroatoms. The summed E-state index contributed by atoms with van der Waals surface area (Å²) in [5, 5.41) is 0.310. The van der Waals surface area contributed by atoms with Gasteiger partial charge in [0.05, 0.1) is 39.0 Å². The van der Waals surface area contributed by atoms with Gasteiger partial charge in [0.1, 0.15) is 5.75 Å². The SMILES string of the molecule is CCOC(=O)C1=C(C)N=c2sc(=Cc3ccc(OC(=O)c4ccccc4Cl)cc3)c(=O)n2[C@H]1c1ccccc1. The second-order valence-corrected chi connectivity index (χ2v) is 10.1. The number of ether oxygens (including phenoxy) is 2. The lowest BCUT2D eigenvalue weighted by atomic mass is 9.96. The minimum absolute atomic E-state index is 0.214. The van der Waals surface area contributed by atoms with Gasteiger partial charge in [0, 0.05) is 0 Å². The molecule has 0 fully saturated rings. The van der Waals surface area contributed by atoms with Gasteiger partial charge >= 0.3 is 11.9 Å². The summed E-state index contributed by atoms with van der Waals surface area (Å²) in [7, 11) is 0. The molecule has 1 aliphatic heterocycles. The number of halogens is 1. The second-order valence-electron chi connectivity index (χ2n) is 8.65. The van der Waals surface area contributed by atoms with Crippen LogP contribution in [-0.2, 0) is 9.53 Å². The predicted octanol–water partition coefficient (Wildman–Crippen LogP) is 4.67. The number of hydrogen-bond donors (Lipinski definition) is 0. The van der Waals surface area contributed by atoms with E-state index in [1.54, 1.807) is 73.0 Å². The lowest BCUT2D eigenvalue weighted by Gasteiger charge is -2.24. The van der Waals surface area contributed by atoms with Crippen molar-refractivity contribution in [3.63, 3.8) is 0 Å². The molecule has 196 valence electrons. The Balaban J connectivity index is 1.50. The van der Waals surface area contributed by atoms with Crippen LogP contribution in [0.5, 0.6) is 5.75 Å². The zero-order valence-electron chi connectivity index (χ0n) is 21.1. The standard InChI is InChI=1S/C30H23ClN2O5S/c1-3-37-29(36)25-18(2)32-30-33(26(25)20-9-5-4-6-10-20)27(34)24(39-30)17-19-13-15-21(16-14-19)38-28(35)22-11-7-8-12-23(22)31/h4-17,26H,3H2,1-2H3/t26-/m0/s1. The molecule has 0 unspecified atom stereocenters. The number of hydrogen-bond acceptors (Lipinski definition) is 7. The highest BCUT2D eigenvalue weighted by Crippen LogP contribution is 2.30. The van der Waals surface area contributed by atoms with Gasteiger partial charge in [-0.15, -0.1) is 0 Å². The van der Waals surface area contributed by atoms with E-state index in [2.05, 4.69) is 4.99 Å². The zero-order valence-corrected chi connectivity index (χ0v) is 22.7. The number of carbonyl (C=O) groups is 2. The summed E-state index contributed by atoms with van der Waals surface area (Å²) in [5.41, 5.74) is 2.37. The average Bonchev–Trinajstić information content (AvgIpc) is 3.23. The number of benzene rings is 3. The number of aromatic nitrogens is 1. The van der Waals surface area contributed by atoms with Crippen LogP contribution in [0.25, 0.3) is 6.08 Å². The van der Waals surface area contributed by atoms with Gasteiger partial charge in [-0.1, -0.05) is 77.5 Å². The van der Waals surface area contributed by atoms with Gasteiger partial charge in [-0.05, 0) is 55.3 Å². The van der Waals surface area contributed by atoms with Gasteiger partial charge in [-0.25, -0.2) is 14.6 Å². The Bertz CT molecular complexity index is 1770. The van der Waals surface area contributed by atoms with Crippen LogP contribution in [0, 0.1) is 0 Å². The maximum atomic E-state index is 13.7. The van der Waals surface area contributed by atoms with E-state index in [-0.39, 0.29) is 17.7 Å². The van der Waals surface area contributed by atoms with Crippen molar-refractivity contribution >= 4 is 41.0 Å². The molecular formula is C30H23ClN2O5S. The Morgan fingerprint density at radius 1 is 1.00 bits per heavy atom. The van der Waals surface area contributed by atoms with E-state index in [1.807, 2.05) is 30.3 Å². The molecule has 0 spiro atoms. The maximum Gasteiger partial charge on any atom is 0.345 e. The molecule has 5 rings (SSSR count). The molecular weight excluding hydrogens is 536 g/mol. The van der Waals surface area contributed by atoms with Gasteiger partial charge in [0.2, 0.25) is 0 Å². The molecule has 1 atom stereocenters. The predicted molar refractivity (Wildman–Crippen MR) is 150 cm³/mol. The molecule has 1 aromatic heterocycles. The van der Waals surface area contributed by atoms with Crippen molar-refractivity contribution in [2.24, 2.45) is 4.99 Å². The van der Waals surface area contributed by atoms with Crippen LogP contribution < -0.4 is 19.6 Å². The number of fused-ring (bicyclic) bond motifs is 1. The molecule has 0 amide bonds. The van der Waals surface area contributed by atoms with Crippen molar-refractivity contribution in [1.82, 2.24) is 4.57 Å².